The summed E-state index contributed by atoms with van der Waals surface area (Å²) in [5.41, 5.74) is 4.85. The van der Waals surface area contributed by atoms with E-state index in [1.165, 1.54) is 0 Å². The molecule has 0 spiro atoms. The first kappa shape index (κ1) is 30.1. The predicted octanol–water partition coefficient (Wildman–Crippen LogP) is 4.38. The maximum absolute atomic E-state index is 14.5. The number of benzene rings is 3. The van der Waals surface area contributed by atoms with Gasteiger partial charge in [0.1, 0.15) is 18.1 Å². The van der Waals surface area contributed by atoms with Crippen LogP contribution in [-0.2, 0) is 14.3 Å². The second-order valence-electron chi connectivity index (χ2n) is 11.7. The Labute approximate surface area is 258 Å². The van der Waals surface area contributed by atoms with Gasteiger partial charge >= 0.3 is 0 Å². The maximum atomic E-state index is 14.5. The third kappa shape index (κ3) is 6.60. The summed E-state index contributed by atoms with van der Waals surface area (Å²) in [5, 5.41) is 12.5. The highest BCUT2D eigenvalue weighted by Crippen LogP contribution is 2.42. The summed E-state index contributed by atoms with van der Waals surface area (Å²) in [6.45, 7) is 2.83. The number of nitrogens with zero attached hydrogens (tertiary/aromatic N) is 2. The SMILES string of the molecule is COCCCN1C(=O)COc2ccc(N(C(=O)[C@H]3CNCC[C@@H]3c3cccc(-c4ccc(OCCO)cc4)c3)C3CC3)cc21. The lowest BCUT2D eigenvalue weighted by atomic mass is 9.79. The molecule has 2 atom stereocenters. The second-order valence-corrected chi connectivity index (χ2v) is 11.7. The van der Waals surface area contributed by atoms with Gasteiger partial charge in [0.25, 0.3) is 5.91 Å². The van der Waals surface area contributed by atoms with E-state index in [-0.39, 0.29) is 49.5 Å². The fraction of sp³-hybridized carbons (Fsp3) is 0.429. The van der Waals surface area contributed by atoms with Crippen molar-refractivity contribution in [2.45, 2.75) is 37.6 Å². The van der Waals surface area contributed by atoms with Gasteiger partial charge in [0.2, 0.25) is 5.91 Å². The molecule has 1 saturated heterocycles. The van der Waals surface area contributed by atoms with Gasteiger partial charge in [0, 0.05) is 38.5 Å². The van der Waals surface area contributed by atoms with Crippen molar-refractivity contribution in [3.05, 3.63) is 72.3 Å². The van der Waals surface area contributed by atoms with Crippen molar-refractivity contribution in [3.8, 4) is 22.6 Å². The van der Waals surface area contributed by atoms with Crippen LogP contribution < -0.4 is 24.6 Å². The molecular weight excluding hydrogens is 558 g/mol. The Kier molecular flexibility index (Phi) is 9.45. The van der Waals surface area contributed by atoms with Crippen LogP contribution in [-0.4, -0.2) is 76.1 Å². The van der Waals surface area contributed by atoms with E-state index in [2.05, 4.69) is 29.6 Å². The van der Waals surface area contributed by atoms with Crippen LogP contribution in [0, 0.1) is 5.92 Å². The fourth-order valence-electron chi connectivity index (χ4n) is 6.35. The number of fused-ring (bicyclic) bond motifs is 1. The van der Waals surface area contributed by atoms with Crippen molar-refractivity contribution < 1.29 is 28.9 Å². The highest BCUT2D eigenvalue weighted by Gasteiger charge is 2.41. The monoisotopic (exact) mass is 599 g/mol. The molecule has 3 aromatic carbocycles. The second kappa shape index (κ2) is 13.8. The van der Waals surface area contributed by atoms with Crippen LogP contribution in [0.1, 0.15) is 37.2 Å². The molecule has 0 aromatic heterocycles. The first-order valence-electron chi connectivity index (χ1n) is 15.6. The summed E-state index contributed by atoms with van der Waals surface area (Å²) in [6.07, 6.45) is 3.52. The molecule has 2 amide bonds. The van der Waals surface area contributed by atoms with Gasteiger partial charge in [-0.25, -0.2) is 0 Å². The summed E-state index contributed by atoms with van der Waals surface area (Å²) < 4.78 is 16.5. The summed E-state index contributed by atoms with van der Waals surface area (Å²) in [7, 11) is 1.66. The van der Waals surface area contributed by atoms with Gasteiger partial charge in [-0.2, -0.15) is 0 Å². The number of hydrogen-bond acceptors (Lipinski definition) is 7. The number of hydrogen-bond donors (Lipinski definition) is 2. The summed E-state index contributed by atoms with van der Waals surface area (Å²) in [6, 6.07) is 22.3. The molecule has 1 aliphatic carbocycles. The van der Waals surface area contributed by atoms with Gasteiger partial charge in [-0.15, -0.1) is 0 Å². The largest absolute Gasteiger partial charge is 0.491 e. The lowest BCUT2D eigenvalue weighted by molar-refractivity contribution is -0.123. The molecule has 2 N–H and O–H groups in total. The van der Waals surface area contributed by atoms with Gasteiger partial charge in [0.15, 0.2) is 6.61 Å². The molecule has 1 saturated carbocycles. The van der Waals surface area contributed by atoms with E-state index in [1.54, 1.807) is 12.0 Å². The smallest absolute Gasteiger partial charge is 0.265 e. The van der Waals surface area contributed by atoms with E-state index in [1.807, 2.05) is 47.4 Å². The normalized spacial score (nSPS) is 19.7. The van der Waals surface area contributed by atoms with E-state index in [9.17, 15) is 9.59 Å². The van der Waals surface area contributed by atoms with Crippen LogP contribution in [0.4, 0.5) is 11.4 Å². The van der Waals surface area contributed by atoms with Crippen molar-refractivity contribution in [1.82, 2.24) is 5.32 Å². The summed E-state index contributed by atoms with van der Waals surface area (Å²) in [4.78, 5) is 31.0. The topological polar surface area (TPSA) is 101 Å². The van der Waals surface area contributed by atoms with Crippen molar-refractivity contribution in [1.29, 1.82) is 0 Å². The molecule has 3 aliphatic rings. The Morgan fingerprint density at radius 3 is 2.66 bits per heavy atom. The van der Waals surface area contributed by atoms with Crippen LogP contribution in [0.15, 0.2) is 66.7 Å². The van der Waals surface area contributed by atoms with Crippen molar-refractivity contribution >= 4 is 23.2 Å². The Morgan fingerprint density at radius 2 is 1.89 bits per heavy atom. The van der Waals surface area contributed by atoms with Crippen molar-refractivity contribution in [2.24, 2.45) is 5.92 Å². The number of anilines is 2. The molecule has 0 unspecified atom stereocenters. The number of aliphatic hydroxyl groups excluding tert-OH is 1. The zero-order chi connectivity index (χ0) is 30.5. The number of piperidine rings is 1. The maximum Gasteiger partial charge on any atom is 0.265 e. The number of carbonyl (C=O) groups is 2. The zero-order valence-electron chi connectivity index (χ0n) is 25.2. The summed E-state index contributed by atoms with van der Waals surface area (Å²) in [5.74, 6) is 1.27. The Balaban J connectivity index is 1.26. The minimum absolute atomic E-state index is 0.0146. The van der Waals surface area contributed by atoms with Crippen LogP contribution in [0.25, 0.3) is 11.1 Å². The van der Waals surface area contributed by atoms with Gasteiger partial charge in [-0.1, -0.05) is 36.4 Å². The molecule has 2 fully saturated rings. The van der Waals surface area contributed by atoms with Gasteiger partial charge < -0.3 is 34.4 Å². The van der Waals surface area contributed by atoms with E-state index in [0.717, 1.165) is 53.9 Å². The number of aliphatic hydroxyl groups is 1. The lowest BCUT2D eigenvalue weighted by Gasteiger charge is -2.36. The Bertz CT molecular complexity index is 1460. The Morgan fingerprint density at radius 1 is 1.05 bits per heavy atom. The first-order chi connectivity index (χ1) is 21.6. The molecule has 0 radical (unpaired) electrons. The van der Waals surface area contributed by atoms with Crippen LogP contribution >= 0.6 is 0 Å². The third-order valence-corrected chi connectivity index (χ3v) is 8.71. The minimum atomic E-state index is -0.222. The number of ether oxygens (including phenoxy) is 3. The number of methoxy groups -OCH3 is 1. The molecule has 9 heteroatoms. The van der Waals surface area contributed by atoms with Crippen LogP contribution in [0.2, 0.25) is 0 Å². The minimum Gasteiger partial charge on any atom is -0.491 e. The Hall–Kier alpha value is -3.92. The molecule has 3 aromatic rings. The molecular formula is C35H41N3O6. The van der Waals surface area contributed by atoms with E-state index < -0.39 is 0 Å². The zero-order valence-corrected chi connectivity index (χ0v) is 25.2. The van der Waals surface area contributed by atoms with E-state index >= 15 is 0 Å². The van der Waals surface area contributed by atoms with Crippen molar-refractivity contribution in [3.63, 3.8) is 0 Å². The number of rotatable bonds is 12. The molecule has 232 valence electrons. The quantitative estimate of drug-likeness (QED) is 0.298. The molecule has 2 heterocycles. The highest BCUT2D eigenvalue weighted by molar-refractivity contribution is 6.01. The van der Waals surface area contributed by atoms with Crippen molar-refractivity contribution in [2.75, 3.05) is 63.0 Å². The number of nitrogens with one attached hydrogen (secondary N) is 1. The number of carbonyl (C=O) groups excluding carboxylic acids is 2. The van der Waals surface area contributed by atoms with Gasteiger partial charge in [-0.3, -0.25) is 9.59 Å². The lowest BCUT2D eigenvalue weighted by Crippen LogP contribution is -2.47. The molecule has 6 rings (SSSR count). The average molecular weight is 600 g/mol. The fourth-order valence-corrected chi connectivity index (χ4v) is 6.35. The molecule has 9 nitrogen and oxygen atoms in total. The van der Waals surface area contributed by atoms with Gasteiger partial charge in [-0.05, 0) is 85.2 Å². The van der Waals surface area contributed by atoms with E-state index in [4.69, 9.17) is 19.3 Å². The predicted molar refractivity (Wildman–Crippen MR) is 169 cm³/mol. The molecule has 2 aliphatic heterocycles. The highest BCUT2D eigenvalue weighted by atomic mass is 16.5. The van der Waals surface area contributed by atoms with Crippen LogP contribution in [0.5, 0.6) is 11.5 Å². The molecule has 0 bridgehead atoms. The third-order valence-electron chi connectivity index (χ3n) is 8.71. The van der Waals surface area contributed by atoms with Crippen LogP contribution in [0.3, 0.4) is 0 Å². The average Bonchev–Trinajstić information content (AvgIpc) is 3.90. The van der Waals surface area contributed by atoms with E-state index in [0.29, 0.717) is 37.6 Å². The standard InChI is InChI=1S/C35H41N3O6/c1-42-18-3-16-37-32-21-28(10-13-33(32)44-23-34(37)40)38(27-8-9-27)35(41)31-22-36-15-14-30(31)26-5-2-4-25(20-26)24-6-11-29(12-7-24)43-19-17-39/h2,4-7,10-13,20-21,27,30-31,36,39H,3,8-9,14-19,22-23H2,1H3/t30-,31+/m1/s1. The molecule has 44 heavy (non-hydrogen) atoms. The van der Waals surface area contributed by atoms with Gasteiger partial charge in [0.05, 0.1) is 18.2 Å². The first-order valence-corrected chi connectivity index (χ1v) is 15.6. The number of amides is 2. The summed E-state index contributed by atoms with van der Waals surface area (Å²) >= 11 is 0.